The lowest BCUT2D eigenvalue weighted by Gasteiger charge is -2.10. The van der Waals surface area contributed by atoms with Crippen molar-refractivity contribution < 1.29 is 0 Å². The van der Waals surface area contributed by atoms with Crippen molar-refractivity contribution in [1.29, 1.82) is 0 Å². The van der Waals surface area contributed by atoms with Crippen molar-refractivity contribution in [3.63, 3.8) is 0 Å². The first-order valence-electron chi connectivity index (χ1n) is 12.5. The van der Waals surface area contributed by atoms with Crippen molar-refractivity contribution in [2.75, 3.05) is 0 Å². The van der Waals surface area contributed by atoms with Gasteiger partial charge in [-0.05, 0) is 48.5 Å². The Bertz CT molecular complexity index is 1810. The van der Waals surface area contributed by atoms with Gasteiger partial charge in [0.1, 0.15) is 0 Å². The van der Waals surface area contributed by atoms with Gasteiger partial charge in [-0.2, -0.15) is 0 Å². The monoisotopic (exact) mass is 546 g/mol. The maximum absolute atomic E-state index is 7.02. The molecule has 2 heteroatoms. The molecule has 0 radical (unpaired) electrons. The van der Waals surface area contributed by atoms with Gasteiger partial charge in [0.25, 0.3) is 0 Å². The summed E-state index contributed by atoms with van der Waals surface area (Å²) in [7, 11) is 0. The maximum Gasteiger partial charge on any atom is 0.0748 e. The van der Waals surface area contributed by atoms with E-state index in [4.69, 9.17) is 23.2 Å². The molecule has 5 aromatic carbocycles. The quantitative estimate of drug-likeness (QED) is 0.170. The number of benzene rings is 5. The zero-order chi connectivity index (χ0) is 27.6. The highest BCUT2D eigenvalue weighted by molar-refractivity contribution is 6.38. The molecule has 0 spiro atoms. The molecule has 0 aliphatic carbocycles. The molecule has 0 aliphatic heterocycles. The largest absolute Gasteiger partial charge is 0.0815 e. The fraction of sp³-hybridized carbons (Fsp3) is 0. The van der Waals surface area contributed by atoms with Crippen LogP contribution in [0.4, 0.5) is 0 Å². The minimum Gasteiger partial charge on any atom is -0.0815 e. The van der Waals surface area contributed by atoms with Gasteiger partial charge in [-0.25, -0.2) is 0 Å². The number of hydrogen-bond acceptors (Lipinski definition) is 0. The summed E-state index contributed by atoms with van der Waals surface area (Å²) >= 11 is 14.0. The Morgan fingerprint density at radius 1 is 0.275 bits per heavy atom. The molecule has 186 valence electrons. The average molecular weight is 547 g/mol. The van der Waals surface area contributed by atoms with Gasteiger partial charge in [-0.3, -0.25) is 0 Å². The summed E-state index contributed by atoms with van der Waals surface area (Å²) in [6.45, 7) is 0. The van der Waals surface area contributed by atoms with E-state index in [1.165, 1.54) is 0 Å². The molecular weight excluding hydrogens is 527 g/mol. The van der Waals surface area contributed by atoms with E-state index < -0.39 is 0 Å². The van der Waals surface area contributed by atoms with E-state index in [-0.39, 0.29) is 0 Å². The third-order valence-corrected chi connectivity index (χ3v) is 6.56. The highest BCUT2D eigenvalue weighted by Crippen LogP contribution is 2.34. The summed E-state index contributed by atoms with van der Waals surface area (Å²) < 4.78 is 0. The Labute approximate surface area is 245 Å². The topological polar surface area (TPSA) is 0 Å². The van der Waals surface area contributed by atoms with E-state index in [0.717, 1.165) is 22.3 Å². The lowest BCUT2D eigenvalue weighted by molar-refractivity contribution is 1.50. The van der Waals surface area contributed by atoms with Crippen LogP contribution in [0.3, 0.4) is 0 Å². The number of halogens is 2. The average Bonchev–Trinajstić information content (AvgIpc) is 3.01. The van der Waals surface area contributed by atoms with Crippen LogP contribution in [-0.2, 0) is 0 Å². The second-order valence-corrected chi connectivity index (χ2v) is 9.35. The first kappa shape index (κ1) is 26.5. The molecule has 0 nitrogen and oxygen atoms in total. The minimum absolute atomic E-state index is 0.347. The fourth-order valence-corrected chi connectivity index (χ4v) is 4.40. The predicted octanol–water partition coefficient (Wildman–Crippen LogP) is 8.59. The molecule has 0 saturated heterocycles. The lowest BCUT2D eigenvalue weighted by atomic mass is 9.96. The van der Waals surface area contributed by atoms with Crippen molar-refractivity contribution in [3.8, 4) is 47.4 Å². The maximum atomic E-state index is 7.02. The van der Waals surface area contributed by atoms with E-state index in [2.05, 4.69) is 47.4 Å². The van der Waals surface area contributed by atoms with Crippen LogP contribution in [0.5, 0.6) is 0 Å². The van der Waals surface area contributed by atoms with Gasteiger partial charge in [0, 0.05) is 22.3 Å². The normalized spacial score (nSPS) is 9.45. The van der Waals surface area contributed by atoms with E-state index in [1.54, 1.807) is 0 Å². The Morgan fingerprint density at radius 3 is 0.825 bits per heavy atom. The van der Waals surface area contributed by atoms with E-state index in [0.29, 0.717) is 32.3 Å². The third kappa shape index (κ3) is 6.67. The molecule has 0 atom stereocenters. The zero-order valence-electron chi connectivity index (χ0n) is 21.3. The minimum atomic E-state index is 0.347. The summed E-state index contributed by atoms with van der Waals surface area (Å²) in [5.74, 6) is 25.8. The second-order valence-electron chi connectivity index (χ2n) is 8.59. The van der Waals surface area contributed by atoms with Crippen LogP contribution >= 0.6 is 23.2 Å². The van der Waals surface area contributed by atoms with Crippen LogP contribution in [0.1, 0.15) is 44.5 Å². The van der Waals surface area contributed by atoms with Crippen molar-refractivity contribution >= 4 is 23.2 Å². The molecule has 0 unspecified atom stereocenters. The molecular formula is C38H20Cl2. The SMILES string of the molecule is Clc1c(C#Cc2ccccc2)c(Cl)c(C#Cc2ccccc2)c(C#Cc2ccccc2)c1C#Cc1ccccc1. The highest BCUT2D eigenvalue weighted by Gasteiger charge is 2.19. The van der Waals surface area contributed by atoms with Gasteiger partial charge in [0.05, 0.1) is 32.3 Å². The second kappa shape index (κ2) is 13.1. The first-order chi connectivity index (χ1) is 19.7. The van der Waals surface area contributed by atoms with Crippen molar-refractivity contribution in [2.45, 2.75) is 0 Å². The molecule has 0 aromatic heterocycles. The molecule has 0 bridgehead atoms. The molecule has 0 fully saturated rings. The zero-order valence-corrected chi connectivity index (χ0v) is 22.8. The summed E-state index contributed by atoms with van der Waals surface area (Å²) in [6, 6.07) is 38.8. The molecule has 5 rings (SSSR count). The Kier molecular flexibility index (Phi) is 8.70. The highest BCUT2D eigenvalue weighted by atomic mass is 35.5. The third-order valence-electron chi connectivity index (χ3n) is 5.80. The van der Waals surface area contributed by atoms with Gasteiger partial charge in [-0.1, -0.05) is 143 Å². The fourth-order valence-electron chi connectivity index (χ4n) is 3.78. The summed E-state index contributed by atoms with van der Waals surface area (Å²) in [5, 5.41) is 0.693. The lowest BCUT2D eigenvalue weighted by Crippen LogP contribution is -1.98. The van der Waals surface area contributed by atoms with E-state index in [9.17, 15) is 0 Å². The van der Waals surface area contributed by atoms with E-state index in [1.807, 2.05) is 121 Å². The Morgan fingerprint density at radius 2 is 0.525 bits per heavy atom. The molecule has 0 saturated carbocycles. The summed E-state index contributed by atoms with van der Waals surface area (Å²) in [6.07, 6.45) is 0. The summed E-state index contributed by atoms with van der Waals surface area (Å²) in [5.41, 5.74) is 5.50. The summed E-state index contributed by atoms with van der Waals surface area (Å²) in [4.78, 5) is 0. The van der Waals surface area contributed by atoms with Crippen LogP contribution in [0.15, 0.2) is 121 Å². The Balaban J connectivity index is 1.79. The van der Waals surface area contributed by atoms with Crippen molar-refractivity contribution in [3.05, 3.63) is 176 Å². The van der Waals surface area contributed by atoms with Gasteiger partial charge in [0.2, 0.25) is 0 Å². The van der Waals surface area contributed by atoms with Crippen molar-refractivity contribution in [2.24, 2.45) is 0 Å². The number of hydrogen-bond donors (Lipinski definition) is 0. The van der Waals surface area contributed by atoms with E-state index >= 15 is 0 Å². The molecule has 40 heavy (non-hydrogen) atoms. The van der Waals surface area contributed by atoms with Gasteiger partial charge >= 0.3 is 0 Å². The standard InChI is InChI=1S/C38H20Cl2/c39-37-34(26-22-30-15-7-2-8-16-30)33(25-21-29-13-5-1-6-14-29)35(27-23-31-17-9-3-10-18-31)38(40)36(37)28-24-32-19-11-4-12-20-32/h1-20H. The van der Waals surface area contributed by atoms with Crippen LogP contribution in [0, 0.1) is 47.4 Å². The van der Waals surface area contributed by atoms with Crippen LogP contribution in [-0.4, -0.2) is 0 Å². The molecule has 5 aromatic rings. The molecule has 0 heterocycles. The molecule has 0 amide bonds. The van der Waals surface area contributed by atoms with Crippen molar-refractivity contribution in [1.82, 2.24) is 0 Å². The molecule has 0 N–H and O–H groups in total. The molecule has 0 aliphatic rings. The van der Waals surface area contributed by atoms with Gasteiger partial charge in [-0.15, -0.1) is 0 Å². The number of rotatable bonds is 0. The van der Waals surface area contributed by atoms with Gasteiger partial charge < -0.3 is 0 Å². The van der Waals surface area contributed by atoms with Crippen LogP contribution < -0.4 is 0 Å². The smallest absolute Gasteiger partial charge is 0.0748 e. The first-order valence-corrected chi connectivity index (χ1v) is 13.3. The van der Waals surface area contributed by atoms with Crippen LogP contribution in [0.2, 0.25) is 10.0 Å². The Hall–Kier alpha value is -5.08. The van der Waals surface area contributed by atoms with Gasteiger partial charge in [0.15, 0.2) is 0 Å². The predicted molar refractivity (Wildman–Crippen MR) is 166 cm³/mol. The van der Waals surface area contributed by atoms with Crippen LogP contribution in [0.25, 0.3) is 0 Å².